The Hall–Kier alpha value is -1.15. The zero-order valence-corrected chi connectivity index (χ0v) is 9.03. The third kappa shape index (κ3) is 2.66. The van der Waals surface area contributed by atoms with Crippen molar-refractivity contribution in [2.24, 2.45) is 5.92 Å². The van der Waals surface area contributed by atoms with Crippen molar-refractivity contribution in [3.63, 3.8) is 0 Å². The summed E-state index contributed by atoms with van der Waals surface area (Å²) in [5.41, 5.74) is 2.06. The second-order valence-electron chi connectivity index (χ2n) is 4.19. The molecule has 0 bridgehead atoms. The fourth-order valence-electron chi connectivity index (χ4n) is 1.99. The molecule has 2 nitrogen and oxygen atoms in total. The molecule has 2 rings (SSSR count). The fourth-order valence-corrected chi connectivity index (χ4v) is 1.99. The number of rotatable bonds is 3. The van der Waals surface area contributed by atoms with Gasteiger partial charge in [0.2, 0.25) is 0 Å². The van der Waals surface area contributed by atoms with E-state index in [1.165, 1.54) is 5.56 Å². The van der Waals surface area contributed by atoms with Crippen molar-refractivity contribution in [3.8, 4) is 0 Å². The Balaban J connectivity index is 2.07. The van der Waals surface area contributed by atoms with Gasteiger partial charge in [-0.05, 0) is 37.3 Å². The minimum Gasteiger partial charge on any atom is -0.381 e. The number of Topliss-reactive ketones (excluding diaryl/α,β-unsaturated/α-hetero) is 1. The topological polar surface area (TPSA) is 26.3 Å². The minimum absolute atomic E-state index is 0.138. The average molecular weight is 204 g/mol. The van der Waals surface area contributed by atoms with Gasteiger partial charge in [-0.15, -0.1) is 0 Å². The summed E-state index contributed by atoms with van der Waals surface area (Å²) >= 11 is 0. The Morgan fingerprint density at radius 1 is 1.53 bits per heavy atom. The Kier molecular flexibility index (Phi) is 3.17. The van der Waals surface area contributed by atoms with Crippen molar-refractivity contribution >= 4 is 5.78 Å². The third-order valence-electron chi connectivity index (χ3n) is 2.88. The third-order valence-corrected chi connectivity index (χ3v) is 2.88. The van der Waals surface area contributed by atoms with Crippen LogP contribution in [0.3, 0.4) is 0 Å². The van der Waals surface area contributed by atoms with Crippen LogP contribution in [0.25, 0.3) is 0 Å². The van der Waals surface area contributed by atoms with Crippen LogP contribution >= 0.6 is 0 Å². The van der Waals surface area contributed by atoms with Crippen LogP contribution in [0, 0.1) is 5.92 Å². The molecule has 15 heavy (non-hydrogen) atoms. The molecule has 0 aromatic heterocycles. The van der Waals surface area contributed by atoms with Crippen molar-refractivity contribution in [3.05, 3.63) is 35.4 Å². The van der Waals surface area contributed by atoms with E-state index < -0.39 is 0 Å². The lowest BCUT2D eigenvalue weighted by molar-refractivity contribution is 0.101. The van der Waals surface area contributed by atoms with Crippen molar-refractivity contribution in [1.29, 1.82) is 0 Å². The summed E-state index contributed by atoms with van der Waals surface area (Å²) in [5.74, 6) is 0.770. The molecule has 1 saturated heterocycles. The predicted molar refractivity (Wildman–Crippen MR) is 59.1 cm³/mol. The highest BCUT2D eigenvalue weighted by atomic mass is 16.5. The Labute approximate surface area is 90.3 Å². The molecule has 0 saturated carbocycles. The number of benzene rings is 1. The molecular weight excluding hydrogens is 188 g/mol. The summed E-state index contributed by atoms with van der Waals surface area (Å²) in [7, 11) is 0. The minimum atomic E-state index is 0.138. The van der Waals surface area contributed by atoms with Gasteiger partial charge in [-0.3, -0.25) is 4.79 Å². The first-order valence-corrected chi connectivity index (χ1v) is 5.43. The SMILES string of the molecule is CC(=O)c1cccc(CC2CCOC2)c1. The first-order chi connectivity index (χ1) is 7.25. The number of ether oxygens (including phenoxy) is 1. The van der Waals surface area contributed by atoms with E-state index in [1.807, 2.05) is 18.2 Å². The highest BCUT2D eigenvalue weighted by Crippen LogP contribution is 2.18. The lowest BCUT2D eigenvalue weighted by Gasteiger charge is -2.08. The van der Waals surface area contributed by atoms with Gasteiger partial charge in [0.1, 0.15) is 0 Å². The highest BCUT2D eigenvalue weighted by molar-refractivity contribution is 5.94. The molecule has 1 aromatic carbocycles. The second kappa shape index (κ2) is 4.58. The number of ketones is 1. The smallest absolute Gasteiger partial charge is 0.159 e. The molecule has 0 amide bonds. The molecule has 1 unspecified atom stereocenters. The normalized spacial score (nSPS) is 20.5. The lowest BCUT2D eigenvalue weighted by Crippen LogP contribution is -2.04. The molecule has 0 N–H and O–H groups in total. The molecule has 2 heteroatoms. The van der Waals surface area contributed by atoms with Gasteiger partial charge >= 0.3 is 0 Å². The van der Waals surface area contributed by atoms with Crippen LogP contribution in [-0.4, -0.2) is 19.0 Å². The van der Waals surface area contributed by atoms with E-state index in [-0.39, 0.29) is 5.78 Å². The maximum atomic E-state index is 11.2. The van der Waals surface area contributed by atoms with Crippen molar-refractivity contribution in [2.75, 3.05) is 13.2 Å². The molecule has 1 aromatic rings. The zero-order chi connectivity index (χ0) is 10.7. The molecule has 80 valence electrons. The standard InChI is InChI=1S/C13H16O2/c1-10(14)13-4-2-3-11(8-13)7-12-5-6-15-9-12/h2-4,8,12H,5-7,9H2,1H3. The average Bonchev–Trinajstić information content (AvgIpc) is 2.71. The Bertz CT molecular complexity index is 351. The predicted octanol–water partition coefficient (Wildman–Crippen LogP) is 2.47. The van der Waals surface area contributed by atoms with Crippen molar-refractivity contribution < 1.29 is 9.53 Å². The van der Waals surface area contributed by atoms with Gasteiger partial charge < -0.3 is 4.74 Å². The summed E-state index contributed by atoms with van der Waals surface area (Å²) in [6.45, 7) is 3.36. The van der Waals surface area contributed by atoms with E-state index in [4.69, 9.17) is 4.74 Å². The summed E-state index contributed by atoms with van der Waals surface area (Å²) in [4.78, 5) is 11.2. The monoisotopic (exact) mass is 204 g/mol. The van der Waals surface area contributed by atoms with Gasteiger partial charge in [0, 0.05) is 18.8 Å². The van der Waals surface area contributed by atoms with Crippen LogP contribution in [0.4, 0.5) is 0 Å². The van der Waals surface area contributed by atoms with E-state index in [9.17, 15) is 4.79 Å². The quantitative estimate of drug-likeness (QED) is 0.707. The van der Waals surface area contributed by atoms with Crippen LogP contribution < -0.4 is 0 Å². The summed E-state index contributed by atoms with van der Waals surface area (Å²) < 4.78 is 5.34. The van der Waals surface area contributed by atoms with E-state index >= 15 is 0 Å². The Morgan fingerprint density at radius 2 is 2.40 bits per heavy atom. The molecule has 0 aliphatic carbocycles. The summed E-state index contributed by atoms with van der Waals surface area (Å²) in [6, 6.07) is 7.92. The molecule has 1 aliphatic rings. The molecule has 1 aliphatic heterocycles. The van der Waals surface area contributed by atoms with Crippen molar-refractivity contribution in [2.45, 2.75) is 19.8 Å². The van der Waals surface area contributed by atoms with Gasteiger partial charge in [0.15, 0.2) is 5.78 Å². The van der Waals surface area contributed by atoms with E-state index in [0.29, 0.717) is 5.92 Å². The van der Waals surface area contributed by atoms with Crippen LogP contribution in [0.15, 0.2) is 24.3 Å². The van der Waals surface area contributed by atoms with Crippen molar-refractivity contribution in [1.82, 2.24) is 0 Å². The maximum Gasteiger partial charge on any atom is 0.159 e. The maximum absolute atomic E-state index is 11.2. The number of hydrogen-bond donors (Lipinski definition) is 0. The van der Waals surface area contributed by atoms with Gasteiger partial charge in [0.25, 0.3) is 0 Å². The van der Waals surface area contributed by atoms with E-state index in [0.717, 1.165) is 31.6 Å². The molecule has 1 heterocycles. The zero-order valence-electron chi connectivity index (χ0n) is 9.03. The largest absolute Gasteiger partial charge is 0.381 e. The van der Waals surface area contributed by atoms with E-state index in [2.05, 4.69) is 6.07 Å². The summed E-state index contributed by atoms with van der Waals surface area (Å²) in [6.07, 6.45) is 2.17. The second-order valence-corrected chi connectivity index (χ2v) is 4.19. The number of carbonyl (C=O) groups is 1. The molecule has 0 spiro atoms. The molecule has 1 fully saturated rings. The first-order valence-electron chi connectivity index (χ1n) is 5.43. The van der Waals surface area contributed by atoms with Gasteiger partial charge in [-0.25, -0.2) is 0 Å². The first kappa shape index (κ1) is 10.4. The van der Waals surface area contributed by atoms with Gasteiger partial charge in [0.05, 0.1) is 0 Å². The molecular formula is C13H16O2. The van der Waals surface area contributed by atoms with E-state index in [1.54, 1.807) is 6.92 Å². The highest BCUT2D eigenvalue weighted by Gasteiger charge is 2.16. The molecule has 0 radical (unpaired) electrons. The number of hydrogen-bond acceptors (Lipinski definition) is 2. The van der Waals surface area contributed by atoms with Crippen LogP contribution in [0.1, 0.15) is 29.3 Å². The van der Waals surface area contributed by atoms with Crippen LogP contribution in [0.2, 0.25) is 0 Å². The van der Waals surface area contributed by atoms with Crippen LogP contribution in [0.5, 0.6) is 0 Å². The Morgan fingerprint density at radius 3 is 3.07 bits per heavy atom. The summed E-state index contributed by atoms with van der Waals surface area (Å²) in [5, 5.41) is 0. The molecule has 1 atom stereocenters. The van der Waals surface area contributed by atoms with Gasteiger partial charge in [-0.1, -0.05) is 18.2 Å². The number of carbonyl (C=O) groups excluding carboxylic acids is 1. The van der Waals surface area contributed by atoms with Gasteiger partial charge in [-0.2, -0.15) is 0 Å². The fraction of sp³-hybridized carbons (Fsp3) is 0.462. The van der Waals surface area contributed by atoms with Crippen LogP contribution in [-0.2, 0) is 11.2 Å². The lowest BCUT2D eigenvalue weighted by atomic mass is 9.97.